The smallest absolute Gasteiger partial charge is 0.251 e. The molecule has 0 atom stereocenters. The van der Waals surface area contributed by atoms with E-state index in [1.54, 1.807) is 29.2 Å². The Morgan fingerprint density at radius 3 is 2.40 bits per heavy atom. The first-order chi connectivity index (χ1) is 12.0. The normalized spacial score (nSPS) is 10.4. The standard InChI is InChI=1S/C19H20Cl2N2O2/c1-14(24)23(11-9-15-7-8-17(20)13-18(15)21)12-10-22-19(25)16-5-3-2-4-6-16/h2-8,13H,9-12H2,1H3,(H,22,25). The first-order valence-corrected chi connectivity index (χ1v) is 8.75. The van der Waals surface area contributed by atoms with Gasteiger partial charge in [-0.25, -0.2) is 0 Å². The second-order valence-corrected chi connectivity index (χ2v) is 6.46. The lowest BCUT2D eigenvalue weighted by molar-refractivity contribution is -0.128. The Morgan fingerprint density at radius 1 is 1.04 bits per heavy atom. The second-order valence-electron chi connectivity index (χ2n) is 5.61. The Kier molecular flexibility index (Phi) is 7.29. The van der Waals surface area contributed by atoms with Crippen LogP contribution in [0.3, 0.4) is 0 Å². The molecular formula is C19H20Cl2N2O2. The predicted molar refractivity (Wildman–Crippen MR) is 101 cm³/mol. The van der Waals surface area contributed by atoms with Gasteiger partial charge in [-0.3, -0.25) is 9.59 Å². The molecule has 2 rings (SSSR count). The van der Waals surface area contributed by atoms with Crippen LogP contribution in [0.1, 0.15) is 22.8 Å². The van der Waals surface area contributed by atoms with E-state index in [0.29, 0.717) is 41.7 Å². The number of halogens is 2. The molecule has 0 radical (unpaired) electrons. The summed E-state index contributed by atoms with van der Waals surface area (Å²) in [4.78, 5) is 25.5. The predicted octanol–water partition coefficient (Wildman–Crippen LogP) is 3.81. The van der Waals surface area contributed by atoms with Crippen LogP contribution in [-0.4, -0.2) is 36.3 Å². The zero-order chi connectivity index (χ0) is 18.2. The lowest BCUT2D eigenvalue weighted by atomic mass is 10.1. The van der Waals surface area contributed by atoms with Crippen LogP contribution in [0.4, 0.5) is 0 Å². The molecule has 0 unspecified atom stereocenters. The average Bonchev–Trinajstić information content (AvgIpc) is 2.59. The molecule has 0 saturated carbocycles. The van der Waals surface area contributed by atoms with Gasteiger partial charge in [0.15, 0.2) is 0 Å². The molecule has 0 aliphatic heterocycles. The van der Waals surface area contributed by atoms with E-state index in [4.69, 9.17) is 23.2 Å². The molecule has 0 saturated heterocycles. The number of carbonyl (C=O) groups excluding carboxylic acids is 2. The van der Waals surface area contributed by atoms with E-state index in [1.165, 1.54) is 6.92 Å². The highest BCUT2D eigenvalue weighted by Gasteiger charge is 2.11. The summed E-state index contributed by atoms with van der Waals surface area (Å²) < 4.78 is 0. The molecule has 1 N–H and O–H groups in total. The number of nitrogens with zero attached hydrogens (tertiary/aromatic N) is 1. The molecule has 2 aromatic rings. The average molecular weight is 379 g/mol. The van der Waals surface area contributed by atoms with E-state index in [0.717, 1.165) is 5.56 Å². The van der Waals surface area contributed by atoms with Gasteiger partial charge in [0.2, 0.25) is 5.91 Å². The number of carbonyl (C=O) groups is 2. The van der Waals surface area contributed by atoms with Gasteiger partial charge in [-0.15, -0.1) is 0 Å². The van der Waals surface area contributed by atoms with Crippen LogP contribution in [0, 0.1) is 0 Å². The lowest BCUT2D eigenvalue weighted by Crippen LogP contribution is -2.38. The maximum absolute atomic E-state index is 12.0. The van der Waals surface area contributed by atoms with E-state index < -0.39 is 0 Å². The first kappa shape index (κ1) is 19.3. The molecule has 4 nitrogen and oxygen atoms in total. The fourth-order valence-corrected chi connectivity index (χ4v) is 2.91. The molecule has 2 amide bonds. The number of hydrogen-bond acceptors (Lipinski definition) is 2. The van der Waals surface area contributed by atoms with Gasteiger partial charge < -0.3 is 10.2 Å². The molecule has 0 spiro atoms. The molecule has 0 heterocycles. The van der Waals surface area contributed by atoms with E-state index in [-0.39, 0.29) is 11.8 Å². The summed E-state index contributed by atoms with van der Waals surface area (Å²) in [6.07, 6.45) is 0.627. The summed E-state index contributed by atoms with van der Waals surface area (Å²) in [5, 5.41) is 4.00. The van der Waals surface area contributed by atoms with Gasteiger partial charge in [-0.05, 0) is 36.2 Å². The molecule has 0 aromatic heterocycles. The summed E-state index contributed by atoms with van der Waals surface area (Å²) in [5.74, 6) is -0.191. The number of nitrogens with one attached hydrogen (secondary N) is 1. The molecule has 0 bridgehead atoms. The highest BCUT2D eigenvalue weighted by Crippen LogP contribution is 2.21. The van der Waals surface area contributed by atoms with Gasteiger partial charge in [-0.2, -0.15) is 0 Å². The topological polar surface area (TPSA) is 49.4 Å². The Balaban J connectivity index is 1.84. The van der Waals surface area contributed by atoms with Crippen molar-refractivity contribution in [2.24, 2.45) is 0 Å². The maximum atomic E-state index is 12.0. The summed E-state index contributed by atoms with van der Waals surface area (Å²) in [7, 11) is 0. The summed E-state index contributed by atoms with van der Waals surface area (Å²) in [5.41, 5.74) is 1.54. The van der Waals surface area contributed by atoms with Crippen molar-refractivity contribution in [3.8, 4) is 0 Å². The van der Waals surface area contributed by atoms with Crippen molar-refractivity contribution >= 4 is 35.0 Å². The fraction of sp³-hybridized carbons (Fsp3) is 0.263. The van der Waals surface area contributed by atoms with Crippen molar-refractivity contribution in [2.75, 3.05) is 19.6 Å². The Bertz CT molecular complexity index is 735. The van der Waals surface area contributed by atoms with Gasteiger partial charge >= 0.3 is 0 Å². The van der Waals surface area contributed by atoms with Crippen molar-refractivity contribution in [2.45, 2.75) is 13.3 Å². The molecular weight excluding hydrogens is 359 g/mol. The quantitative estimate of drug-likeness (QED) is 0.795. The van der Waals surface area contributed by atoms with Gasteiger partial charge in [-0.1, -0.05) is 47.5 Å². The lowest BCUT2D eigenvalue weighted by Gasteiger charge is -2.21. The summed E-state index contributed by atoms with van der Waals surface area (Å²) >= 11 is 12.1. The van der Waals surface area contributed by atoms with Crippen molar-refractivity contribution in [1.29, 1.82) is 0 Å². The first-order valence-electron chi connectivity index (χ1n) is 8.00. The Labute approximate surface area is 157 Å². The molecule has 0 aliphatic rings. The number of benzene rings is 2. The zero-order valence-electron chi connectivity index (χ0n) is 14.0. The van der Waals surface area contributed by atoms with Crippen LogP contribution in [0.2, 0.25) is 10.0 Å². The van der Waals surface area contributed by atoms with Crippen molar-refractivity contribution in [3.63, 3.8) is 0 Å². The molecule has 0 fully saturated rings. The van der Waals surface area contributed by atoms with Gasteiger partial charge in [0, 0.05) is 42.2 Å². The minimum Gasteiger partial charge on any atom is -0.350 e. The molecule has 132 valence electrons. The Hall–Kier alpha value is -2.04. The van der Waals surface area contributed by atoms with Crippen LogP contribution >= 0.6 is 23.2 Å². The van der Waals surface area contributed by atoms with E-state index in [9.17, 15) is 9.59 Å². The summed E-state index contributed by atoms with van der Waals surface area (Å²) in [6.45, 7) is 2.88. The Morgan fingerprint density at radius 2 is 1.76 bits per heavy atom. The summed E-state index contributed by atoms with van der Waals surface area (Å²) in [6, 6.07) is 14.3. The molecule has 0 aliphatic carbocycles. The SMILES string of the molecule is CC(=O)N(CCNC(=O)c1ccccc1)CCc1ccc(Cl)cc1Cl. The van der Waals surface area contributed by atoms with Crippen LogP contribution in [0.15, 0.2) is 48.5 Å². The minimum atomic E-state index is -0.148. The van der Waals surface area contributed by atoms with Gasteiger partial charge in [0.1, 0.15) is 0 Å². The van der Waals surface area contributed by atoms with Gasteiger partial charge in [0.25, 0.3) is 5.91 Å². The third-order valence-corrected chi connectivity index (χ3v) is 4.40. The molecule has 2 aromatic carbocycles. The zero-order valence-corrected chi connectivity index (χ0v) is 15.5. The van der Waals surface area contributed by atoms with Crippen molar-refractivity contribution in [3.05, 3.63) is 69.7 Å². The van der Waals surface area contributed by atoms with Crippen LogP contribution in [-0.2, 0) is 11.2 Å². The van der Waals surface area contributed by atoms with Crippen molar-refractivity contribution < 1.29 is 9.59 Å². The van der Waals surface area contributed by atoms with Crippen LogP contribution in [0.5, 0.6) is 0 Å². The molecule has 6 heteroatoms. The van der Waals surface area contributed by atoms with Crippen LogP contribution < -0.4 is 5.32 Å². The second kappa shape index (κ2) is 9.44. The third-order valence-electron chi connectivity index (χ3n) is 3.81. The molecule has 25 heavy (non-hydrogen) atoms. The monoisotopic (exact) mass is 378 g/mol. The van der Waals surface area contributed by atoms with E-state index in [1.807, 2.05) is 24.3 Å². The minimum absolute atomic E-state index is 0.0425. The highest BCUT2D eigenvalue weighted by atomic mass is 35.5. The van der Waals surface area contributed by atoms with Crippen LogP contribution in [0.25, 0.3) is 0 Å². The van der Waals surface area contributed by atoms with E-state index >= 15 is 0 Å². The number of rotatable bonds is 7. The van der Waals surface area contributed by atoms with E-state index in [2.05, 4.69) is 5.32 Å². The maximum Gasteiger partial charge on any atom is 0.251 e. The van der Waals surface area contributed by atoms with Gasteiger partial charge in [0.05, 0.1) is 0 Å². The third kappa shape index (κ3) is 6.07. The highest BCUT2D eigenvalue weighted by molar-refractivity contribution is 6.35. The number of hydrogen-bond donors (Lipinski definition) is 1. The fourth-order valence-electron chi connectivity index (χ4n) is 2.40. The largest absolute Gasteiger partial charge is 0.350 e. The number of amides is 2. The van der Waals surface area contributed by atoms with Crippen molar-refractivity contribution in [1.82, 2.24) is 10.2 Å².